The maximum Gasteiger partial charge on any atom is 0.190 e. The first-order valence-corrected chi connectivity index (χ1v) is 9.15. The molecule has 0 aliphatic carbocycles. The van der Waals surface area contributed by atoms with Gasteiger partial charge in [-0.1, -0.05) is 6.92 Å². The molecule has 4 nitrogen and oxygen atoms in total. The highest BCUT2D eigenvalue weighted by Crippen LogP contribution is 2.48. The number of aliphatic hydroxyl groups excluding tert-OH is 1. The molecule has 0 aromatic rings. The molecule has 6 heteroatoms. The number of aliphatic hydroxyl groups is 1. The number of Topliss-reactive ketones (excluding diaryl/α,β-unsaturated/α-hetero) is 1. The highest BCUT2D eigenvalue weighted by Gasteiger charge is 2.43. The fourth-order valence-corrected chi connectivity index (χ4v) is 5.86. The molecule has 2 atom stereocenters. The van der Waals surface area contributed by atoms with Crippen LogP contribution in [-0.2, 0) is 14.3 Å². The molecule has 0 bridgehead atoms. The normalized spacial score (nSPS) is 31.0. The molecule has 2 saturated heterocycles. The Bertz CT molecular complexity index is 353. The maximum atomic E-state index is 11.9. The summed E-state index contributed by atoms with van der Waals surface area (Å²) in [4.78, 5) is 11.9. The number of rotatable bonds is 4. The third-order valence-corrected chi connectivity index (χ3v) is 7.37. The molecule has 2 rings (SSSR count). The van der Waals surface area contributed by atoms with E-state index in [9.17, 15) is 9.90 Å². The van der Waals surface area contributed by atoms with Crippen LogP contribution < -0.4 is 0 Å². The van der Waals surface area contributed by atoms with Crippen molar-refractivity contribution in [1.82, 2.24) is 0 Å². The molecule has 0 aromatic carbocycles. The Morgan fingerprint density at radius 1 is 1.40 bits per heavy atom. The van der Waals surface area contributed by atoms with E-state index in [1.807, 2.05) is 23.5 Å². The highest BCUT2D eigenvalue weighted by molar-refractivity contribution is 8.18. The smallest absolute Gasteiger partial charge is 0.190 e. The van der Waals surface area contributed by atoms with Gasteiger partial charge in [-0.05, 0) is 38.2 Å². The zero-order valence-electron chi connectivity index (χ0n) is 12.4. The van der Waals surface area contributed by atoms with E-state index in [0.717, 1.165) is 17.9 Å². The average Bonchev–Trinajstić information content (AvgIpc) is 2.42. The largest absolute Gasteiger partial charge is 0.390 e. The summed E-state index contributed by atoms with van der Waals surface area (Å²) < 4.78 is 11.0. The van der Waals surface area contributed by atoms with Gasteiger partial charge in [0, 0.05) is 6.42 Å². The van der Waals surface area contributed by atoms with Crippen molar-refractivity contribution in [3.63, 3.8) is 0 Å². The van der Waals surface area contributed by atoms with Crippen molar-refractivity contribution in [3.05, 3.63) is 0 Å². The van der Waals surface area contributed by atoms with Crippen molar-refractivity contribution < 1.29 is 19.4 Å². The van der Waals surface area contributed by atoms with Gasteiger partial charge < -0.3 is 14.6 Å². The van der Waals surface area contributed by atoms with E-state index < -0.39 is 18.0 Å². The number of thioether (sulfide) groups is 2. The summed E-state index contributed by atoms with van der Waals surface area (Å²) >= 11 is 3.82. The molecule has 0 amide bonds. The molecule has 2 fully saturated rings. The lowest BCUT2D eigenvalue weighted by molar-refractivity contribution is -0.271. The fraction of sp³-hybridized carbons (Fsp3) is 0.929. The number of carbonyl (C=O) groups excluding carboxylic acids is 1. The van der Waals surface area contributed by atoms with Gasteiger partial charge in [0.25, 0.3) is 0 Å². The van der Waals surface area contributed by atoms with Crippen LogP contribution in [0.25, 0.3) is 0 Å². The molecule has 0 aromatic heterocycles. The van der Waals surface area contributed by atoms with Gasteiger partial charge in [0.05, 0.1) is 10.2 Å². The molecule has 0 unspecified atom stereocenters. The van der Waals surface area contributed by atoms with Gasteiger partial charge in [-0.25, -0.2) is 0 Å². The van der Waals surface area contributed by atoms with Crippen LogP contribution in [0.4, 0.5) is 0 Å². The summed E-state index contributed by atoms with van der Waals surface area (Å²) in [5.74, 6) is 1.29. The Kier molecular flexibility index (Phi) is 5.46. The molecule has 1 N–H and O–H groups in total. The maximum absolute atomic E-state index is 11.9. The van der Waals surface area contributed by atoms with Crippen molar-refractivity contribution >= 4 is 29.3 Å². The monoisotopic (exact) mass is 320 g/mol. The molecule has 0 saturated carbocycles. The number of ether oxygens (including phenoxy) is 2. The van der Waals surface area contributed by atoms with Crippen LogP contribution in [0.5, 0.6) is 0 Å². The predicted molar refractivity (Wildman–Crippen MR) is 83.1 cm³/mol. The zero-order chi connectivity index (χ0) is 14.8. The van der Waals surface area contributed by atoms with E-state index in [1.54, 1.807) is 13.8 Å². The van der Waals surface area contributed by atoms with Crippen LogP contribution in [0.3, 0.4) is 0 Å². The van der Waals surface area contributed by atoms with Crippen LogP contribution in [0.1, 0.15) is 40.0 Å². The van der Waals surface area contributed by atoms with Crippen LogP contribution >= 0.6 is 23.5 Å². The third-order valence-electron chi connectivity index (χ3n) is 3.72. The number of carbonyl (C=O) groups is 1. The van der Waals surface area contributed by atoms with Crippen LogP contribution in [0.15, 0.2) is 0 Å². The number of hydrogen-bond acceptors (Lipinski definition) is 6. The quantitative estimate of drug-likeness (QED) is 0.858. The van der Waals surface area contributed by atoms with E-state index in [0.29, 0.717) is 6.42 Å². The summed E-state index contributed by atoms with van der Waals surface area (Å²) in [6, 6.07) is 0. The second-order valence-corrected chi connectivity index (χ2v) is 8.99. The van der Waals surface area contributed by atoms with Crippen LogP contribution in [0.2, 0.25) is 0 Å². The molecular formula is C14H24O4S2. The van der Waals surface area contributed by atoms with Crippen molar-refractivity contribution in [1.29, 1.82) is 0 Å². The van der Waals surface area contributed by atoms with E-state index in [2.05, 4.69) is 6.92 Å². The lowest BCUT2D eigenvalue weighted by Gasteiger charge is -2.41. The van der Waals surface area contributed by atoms with Gasteiger partial charge in [0.2, 0.25) is 0 Å². The fourth-order valence-electron chi connectivity index (χ4n) is 2.53. The SMILES string of the molecule is CCC1(C[C@@H](O)[C@H]2OC(C)(C)OCC2=O)SCCCS1. The minimum Gasteiger partial charge on any atom is -0.390 e. The second kappa shape index (κ2) is 6.57. The van der Waals surface area contributed by atoms with E-state index in [4.69, 9.17) is 9.47 Å². The van der Waals surface area contributed by atoms with Crippen LogP contribution in [0, 0.1) is 0 Å². The zero-order valence-corrected chi connectivity index (χ0v) is 14.0. The summed E-state index contributed by atoms with van der Waals surface area (Å²) in [5.41, 5.74) is 0. The average molecular weight is 320 g/mol. The topological polar surface area (TPSA) is 55.8 Å². The lowest BCUT2D eigenvalue weighted by atomic mass is 10.0. The first kappa shape index (κ1) is 16.6. The Morgan fingerprint density at radius 2 is 2.05 bits per heavy atom. The van der Waals surface area contributed by atoms with Gasteiger partial charge in [0.1, 0.15) is 12.7 Å². The summed E-state index contributed by atoms with van der Waals surface area (Å²) in [6.45, 7) is 5.72. The Labute approximate surface area is 129 Å². The Balaban J connectivity index is 2.02. The first-order valence-electron chi connectivity index (χ1n) is 7.18. The van der Waals surface area contributed by atoms with Gasteiger partial charge in [-0.2, -0.15) is 0 Å². The molecule has 0 radical (unpaired) electrons. The number of ketones is 1. The standard InChI is InChI=1S/C14H24O4S2/c1-4-14(19-6-5-7-20-14)8-10(15)12-11(16)9-17-13(2,3)18-12/h10,12,15H,4-9H2,1-3H3/t10-,12-/m1/s1. The van der Waals surface area contributed by atoms with E-state index in [1.165, 1.54) is 6.42 Å². The number of hydrogen-bond donors (Lipinski definition) is 1. The van der Waals surface area contributed by atoms with Gasteiger partial charge in [-0.15, -0.1) is 23.5 Å². The lowest BCUT2D eigenvalue weighted by Crippen LogP contribution is -2.52. The molecule has 0 spiro atoms. The van der Waals surface area contributed by atoms with Crippen molar-refractivity contribution in [3.8, 4) is 0 Å². The van der Waals surface area contributed by atoms with Crippen molar-refractivity contribution in [2.24, 2.45) is 0 Å². The first-order chi connectivity index (χ1) is 9.37. The van der Waals surface area contributed by atoms with E-state index >= 15 is 0 Å². The van der Waals surface area contributed by atoms with Gasteiger partial charge in [-0.3, -0.25) is 4.79 Å². The molecule has 20 heavy (non-hydrogen) atoms. The summed E-state index contributed by atoms with van der Waals surface area (Å²) in [5, 5.41) is 10.5. The minimum atomic E-state index is -0.800. The van der Waals surface area contributed by atoms with Crippen LogP contribution in [-0.4, -0.2) is 51.1 Å². The molecule has 2 heterocycles. The highest BCUT2D eigenvalue weighted by atomic mass is 32.2. The van der Waals surface area contributed by atoms with E-state index in [-0.39, 0.29) is 16.5 Å². The third kappa shape index (κ3) is 3.91. The van der Waals surface area contributed by atoms with Crippen molar-refractivity contribution in [2.75, 3.05) is 18.1 Å². The Hall–Kier alpha value is 0.250. The second-order valence-electron chi connectivity index (χ2n) is 5.78. The Morgan fingerprint density at radius 3 is 2.65 bits per heavy atom. The molecule has 116 valence electrons. The summed E-state index contributed by atoms with van der Waals surface area (Å²) in [6.07, 6.45) is 1.27. The van der Waals surface area contributed by atoms with Gasteiger partial charge >= 0.3 is 0 Å². The predicted octanol–water partition coefficient (Wildman–Crippen LogP) is 2.43. The molecule has 2 aliphatic rings. The molecule has 2 aliphatic heterocycles. The van der Waals surface area contributed by atoms with Crippen molar-refractivity contribution in [2.45, 2.75) is 62.1 Å². The van der Waals surface area contributed by atoms with Gasteiger partial charge in [0.15, 0.2) is 11.6 Å². The molecular weight excluding hydrogens is 296 g/mol. The summed E-state index contributed by atoms with van der Waals surface area (Å²) in [7, 11) is 0. The minimum absolute atomic E-state index is 0.0176.